The van der Waals surface area contributed by atoms with Crippen LogP contribution >= 0.6 is 11.9 Å². The van der Waals surface area contributed by atoms with Gasteiger partial charge in [0, 0.05) is 29.1 Å². The van der Waals surface area contributed by atoms with E-state index in [0.717, 1.165) is 65.4 Å². The molecule has 0 saturated heterocycles. The number of phenolic OH excluding ortho intramolecular Hbond substituents is 1. The number of anilines is 1. The highest BCUT2D eigenvalue weighted by Gasteiger charge is 2.46. The average molecular weight is 514 g/mol. The Morgan fingerprint density at radius 2 is 1.78 bits per heavy atom. The maximum atomic E-state index is 13.7. The molecule has 9 heteroatoms. The summed E-state index contributed by atoms with van der Waals surface area (Å²) in [6.07, 6.45) is -0.819. The summed E-state index contributed by atoms with van der Waals surface area (Å²) in [7, 11) is 0. The molecule has 0 radical (unpaired) electrons. The second-order valence-corrected chi connectivity index (χ2v) is 10.2. The maximum Gasteiger partial charge on any atom is 0.417 e. The summed E-state index contributed by atoms with van der Waals surface area (Å²) >= 11 is 1.16. The first-order valence-corrected chi connectivity index (χ1v) is 12.6. The van der Waals surface area contributed by atoms with Crippen LogP contribution in [-0.2, 0) is 18.1 Å². The van der Waals surface area contributed by atoms with Crippen molar-refractivity contribution in [3.05, 3.63) is 77.4 Å². The van der Waals surface area contributed by atoms with Crippen molar-refractivity contribution in [3.8, 4) is 16.9 Å². The number of nitrogens with zero attached hydrogens (tertiary/aromatic N) is 1. The number of hydrogen-bond donors (Lipinski definition) is 3. The minimum Gasteiger partial charge on any atom is -0.508 e. The minimum atomic E-state index is -4.61. The molecule has 5 nitrogen and oxygen atoms in total. The second-order valence-electron chi connectivity index (χ2n) is 9.45. The lowest BCUT2D eigenvalue weighted by atomic mass is 9.79. The number of amides is 2. The molecule has 188 valence electrons. The van der Waals surface area contributed by atoms with Gasteiger partial charge in [-0.25, -0.2) is 4.79 Å². The predicted molar refractivity (Wildman–Crippen MR) is 135 cm³/mol. The van der Waals surface area contributed by atoms with Gasteiger partial charge >= 0.3 is 12.2 Å². The third-order valence-electron chi connectivity index (χ3n) is 7.25. The van der Waals surface area contributed by atoms with Crippen molar-refractivity contribution in [1.82, 2.24) is 5.32 Å². The summed E-state index contributed by atoms with van der Waals surface area (Å²) in [5.74, 6) is -0.432. The zero-order valence-electron chi connectivity index (χ0n) is 19.4. The van der Waals surface area contributed by atoms with E-state index in [-0.39, 0.29) is 17.0 Å². The quantitative estimate of drug-likeness (QED) is 0.344. The van der Waals surface area contributed by atoms with Gasteiger partial charge in [0.1, 0.15) is 5.75 Å². The molecule has 1 aliphatic heterocycles. The Hall–Kier alpha value is -3.17. The molecule has 0 unspecified atom stereocenters. The third-order valence-corrected chi connectivity index (χ3v) is 7.79. The van der Waals surface area contributed by atoms with E-state index in [2.05, 4.69) is 5.32 Å². The molecule has 0 atom stereocenters. The highest BCUT2D eigenvalue weighted by Crippen LogP contribution is 2.52. The number of rotatable bonds is 4. The number of hydrogen-bond acceptors (Lipinski definition) is 4. The maximum absolute atomic E-state index is 13.7. The number of benzene rings is 3. The average Bonchev–Trinajstić information content (AvgIpc) is 3.47. The number of nitrogens with two attached hydrogens (primary N) is 1. The first kappa shape index (κ1) is 24.5. The van der Waals surface area contributed by atoms with Gasteiger partial charge in [-0.2, -0.15) is 13.2 Å². The first-order chi connectivity index (χ1) is 17.2. The van der Waals surface area contributed by atoms with Crippen LogP contribution in [0, 0.1) is 0 Å². The lowest BCUT2D eigenvalue weighted by Gasteiger charge is -2.25. The standard InChI is InChI=1S/C27H26F3N3O2S/c28-27(29,30)22-14-19(34)6-9-21(22)18-5-10-24-23(13-18)26(11-1-2-12-26)16-33(24)25(35)32-15-17-3-7-20(36-31)8-4-17/h3-10,13-14,34H,1-2,11-12,15-16,31H2,(H,32,35). The number of halogens is 3. The summed E-state index contributed by atoms with van der Waals surface area (Å²) in [5.41, 5.74) is 1.88. The van der Waals surface area contributed by atoms with Gasteiger partial charge in [0.05, 0.1) is 5.56 Å². The van der Waals surface area contributed by atoms with Gasteiger partial charge in [0.2, 0.25) is 0 Å². The number of fused-ring (bicyclic) bond motifs is 2. The highest BCUT2D eigenvalue weighted by molar-refractivity contribution is 7.97. The van der Waals surface area contributed by atoms with Crippen molar-refractivity contribution in [1.29, 1.82) is 0 Å². The third kappa shape index (κ3) is 4.53. The molecular weight excluding hydrogens is 487 g/mol. The Morgan fingerprint density at radius 1 is 1.06 bits per heavy atom. The van der Waals surface area contributed by atoms with E-state index in [4.69, 9.17) is 5.14 Å². The normalized spacial score (nSPS) is 16.4. The largest absolute Gasteiger partial charge is 0.508 e. The molecule has 1 saturated carbocycles. The van der Waals surface area contributed by atoms with Crippen LogP contribution in [0.15, 0.2) is 65.6 Å². The molecule has 36 heavy (non-hydrogen) atoms. The van der Waals surface area contributed by atoms with Gasteiger partial charge in [-0.1, -0.05) is 37.1 Å². The Bertz CT molecular complexity index is 1290. The molecule has 1 fully saturated rings. The molecule has 1 heterocycles. The number of phenols is 1. The lowest BCUT2D eigenvalue weighted by Crippen LogP contribution is -2.41. The fraction of sp³-hybridized carbons (Fsp3) is 0.296. The molecule has 0 aromatic heterocycles. The van der Waals surface area contributed by atoms with Crippen molar-refractivity contribution < 1.29 is 23.1 Å². The molecule has 1 spiro atoms. The molecule has 0 bridgehead atoms. The number of urea groups is 1. The number of alkyl halides is 3. The van der Waals surface area contributed by atoms with Crippen molar-refractivity contribution in [2.45, 2.75) is 48.7 Å². The summed E-state index contributed by atoms with van der Waals surface area (Å²) in [5, 5.41) is 18.2. The van der Waals surface area contributed by atoms with Gasteiger partial charge in [-0.05, 0) is 83.4 Å². The SMILES string of the molecule is NSc1ccc(CNC(=O)N2CC3(CCCC3)c3cc(-c4ccc(O)cc4C(F)(F)F)ccc32)cc1. The van der Waals surface area contributed by atoms with E-state index < -0.39 is 17.5 Å². The van der Waals surface area contributed by atoms with E-state index >= 15 is 0 Å². The minimum absolute atomic E-state index is 0.0123. The smallest absolute Gasteiger partial charge is 0.417 e. The Labute approximate surface area is 211 Å². The summed E-state index contributed by atoms with van der Waals surface area (Å²) in [6, 6.07) is 15.9. The number of carbonyl (C=O) groups excluding carboxylic acids is 1. The molecule has 5 rings (SSSR count). The van der Waals surface area contributed by atoms with Crippen molar-refractivity contribution >= 4 is 23.7 Å². The fourth-order valence-corrected chi connectivity index (χ4v) is 5.77. The zero-order chi connectivity index (χ0) is 25.5. The molecular formula is C27H26F3N3O2S. The van der Waals surface area contributed by atoms with Crippen molar-refractivity contribution in [3.63, 3.8) is 0 Å². The number of aromatic hydroxyl groups is 1. The van der Waals surface area contributed by atoms with E-state index in [1.807, 2.05) is 24.3 Å². The van der Waals surface area contributed by atoms with E-state index in [1.54, 1.807) is 23.1 Å². The monoisotopic (exact) mass is 513 g/mol. The fourth-order valence-electron chi connectivity index (χ4n) is 5.47. The van der Waals surface area contributed by atoms with Crippen molar-refractivity contribution in [2.75, 3.05) is 11.4 Å². The second kappa shape index (κ2) is 9.37. The summed E-state index contributed by atoms with van der Waals surface area (Å²) in [4.78, 5) is 15.9. The zero-order valence-corrected chi connectivity index (χ0v) is 20.3. The molecule has 2 amide bonds. The Morgan fingerprint density at radius 3 is 2.44 bits per heavy atom. The van der Waals surface area contributed by atoms with E-state index in [1.165, 1.54) is 12.1 Å². The molecule has 3 aromatic carbocycles. The van der Waals surface area contributed by atoms with E-state index in [9.17, 15) is 23.1 Å². The van der Waals surface area contributed by atoms with Crippen LogP contribution in [0.3, 0.4) is 0 Å². The van der Waals surface area contributed by atoms with Crippen LogP contribution in [0.4, 0.5) is 23.7 Å². The van der Waals surface area contributed by atoms with Gasteiger partial charge in [0.15, 0.2) is 0 Å². The molecule has 1 aliphatic carbocycles. The van der Waals surface area contributed by atoms with Gasteiger partial charge in [0.25, 0.3) is 0 Å². The summed E-state index contributed by atoms with van der Waals surface area (Å²) < 4.78 is 41.2. The highest BCUT2D eigenvalue weighted by atomic mass is 32.2. The lowest BCUT2D eigenvalue weighted by molar-refractivity contribution is -0.137. The predicted octanol–water partition coefficient (Wildman–Crippen LogP) is 6.59. The van der Waals surface area contributed by atoms with Gasteiger partial charge < -0.3 is 10.4 Å². The number of nitrogens with one attached hydrogen (secondary N) is 1. The molecule has 2 aliphatic rings. The van der Waals surface area contributed by atoms with Gasteiger partial charge in [-0.15, -0.1) is 0 Å². The van der Waals surface area contributed by atoms with Crippen LogP contribution in [0.5, 0.6) is 5.75 Å². The van der Waals surface area contributed by atoms with Crippen molar-refractivity contribution in [2.24, 2.45) is 5.14 Å². The Kier molecular flexibility index (Phi) is 6.38. The van der Waals surface area contributed by atoms with Crippen LogP contribution in [0.2, 0.25) is 0 Å². The Balaban J connectivity index is 1.46. The molecule has 4 N–H and O–H groups in total. The van der Waals surface area contributed by atoms with Crippen LogP contribution in [0.1, 0.15) is 42.4 Å². The van der Waals surface area contributed by atoms with Crippen LogP contribution < -0.4 is 15.4 Å². The van der Waals surface area contributed by atoms with Crippen LogP contribution in [-0.4, -0.2) is 17.7 Å². The van der Waals surface area contributed by atoms with E-state index in [0.29, 0.717) is 18.7 Å². The molecule has 3 aromatic rings. The summed E-state index contributed by atoms with van der Waals surface area (Å²) in [6.45, 7) is 0.857. The van der Waals surface area contributed by atoms with Crippen LogP contribution in [0.25, 0.3) is 11.1 Å². The topological polar surface area (TPSA) is 78.6 Å². The number of carbonyl (C=O) groups is 1. The first-order valence-electron chi connectivity index (χ1n) is 11.8. The van der Waals surface area contributed by atoms with Gasteiger partial charge in [-0.3, -0.25) is 10.0 Å².